The third-order valence-corrected chi connectivity index (χ3v) is 8.61. The fraction of sp³-hybridized carbons (Fsp3) is 0.419. The van der Waals surface area contributed by atoms with Crippen LogP contribution in [0.3, 0.4) is 0 Å². The van der Waals surface area contributed by atoms with Crippen LogP contribution in [-0.4, -0.2) is 60.3 Å². The summed E-state index contributed by atoms with van der Waals surface area (Å²) in [5, 5.41) is 13.0. The number of carboxylic acids is 1. The molecule has 3 heterocycles. The highest BCUT2D eigenvalue weighted by Gasteiger charge is 2.21. The first kappa shape index (κ1) is 27.2. The second-order valence-electron chi connectivity index (χ2n) is 10.4. The van der Waals surface area contributed by atoms with Crippen molar-refractivity contribution < 1.29 is 14.6 Å². The van der Waals surface area contributed by atoms with E-state index in [1.165, 1.54) is 15.8 Å². The van der Waals surface area contributed by atoms with Gasteiger partial charge in [0.1, 0.15) is 5.75 Å². The van der Waals surface area contributed by atoms with Gasteiger partial charge in [0.15, 0.2) is 0 Å². The summed E-state index contributed by atoms with van der Waals surface area (Å²) < 4.78 is 7.28. The van der Waals surface area contributed by atoms with Gasteiger partial charge in [-0.15, -0.1) is 11.3 Å². The lowest BCUT2D eigenvalue weighted by Crippen LogP contribution is -2.46. The molecular formula is C31H37N3O4S. The number of H-pyrrole nitrogens is 1. The molecule has 4 aromatic rings. The Kier molecular flexibility index (Phi) is 9.16. The van der Waals surface area contributed by atoms with Crippen molar-refractivity contribution >= 4 is 44.0 Å². The number of aliphatic carboxylic acids is 1. The fourth-order valence-electron chi connectivity index (χ4n) is 5.49. The molecule has 1 aliphatic carbocycles. The molecule has 7 nitrogen and oxygen atoms in total. The highest BCUT2D eigenvalue weighted by atomic mass is 32.1. The molecular weight excluding hydrogens is 510 g/mol. The minimum Gasteiger partial charge on any atom is -0.494 e. The summed E-state index contributed by atoms with van der Waals surface area (Å²) >= 11 is 1.82. The van der Waals surface area contributed by atoms with E-state index in [9.17, 15) is 9.59 Å². The molecule has 2 aliphatic rings. The van der Waals surface area contributed by atoms with Gasteiger partial charge in [0, 0.05) is 54.1 Å². The predicted octanol–water partition coefficient (Wildman–Crippen LogP) is 5.99. The van der Waals surface area contributed by atoms with Crippen LogP contribution in [-0.2, 0) is 4.79 Å². The Morgan fingerprint density at radius 2 is 1.79 bits per heavy atom. The van der Waals surface area contributed by atoms with Crippen LogP contribution in [0.1, 0.15) is 38.5 Å². The topological polar surface area (TPSA) is 85.9 Å². The van der Waals surface area contributed by atoms with Gasteiger partial charge in [-0.25, -0.2) is 0 Å². The van der Waals surface area contributed by atoms with Crippen molar-refractivity contribution in [2.75, 3.05) is 44.2 Å². The third kappa shape index (κ3) is 7.19. The average Bonchev–Trinajstić information content (AvgIpc) is 3.66. The Morgan fingerprint density at radius 1 is 1.00 bits per heavy atom. The molecule has 0 spiro atoms. The highest BCUT2D eigenvalue weighted by Crippen LogP contribution is 2.31. The fourth-order valence-corrected chi connectivity index (χ4v) is 6.29. The van der Waals surface area contributed by atoms with Gasteiger partial charge in [-0.05, 0) is 79.4 Å². The van der Waals surface area contributed by atoms with Crippen LogP contribution < -0.4 is 15.2 Å². The molecule has 8 heteroatoms. The number of nitrogens with one attached hydrogen (secondary N) is 1. The minimum absolute atomic E-state index is 0.0185. The number of benzene rings is 2. The summed E-state index contributed by atoms with van der Waals surface area (Å²) in [6.07, 6.45) is 6.17. The summed E-state index contributed by atoms with van der Waals surface area (Å²) in [5.41, 5.74) is 2.11. The standard InChI is InChI=1S/C25H27N3O2S.C6H10O2/c29-25-9-7-19-6-8-20(18-22(19)26-25)30-16-2-1-11-27-12-14-28(15-13-27)23-4-3-5-24-21(23)10-17-31-24;7-6(8)5-3-1-2-4-5/h3-10,17-18H,1-2,11-16H2,(H,26,29);5H,1-4H2,(H,7,8). The second kappa shape index (κ2) is 13.1. The summed E-state index contributed by atoms with van der Waals surface area (Å²) in [7, 11) is 0. The molecule has 0 unspecified atom stereocenters. The summed E-state index contributed by atoms with van der Waals surface area (Å²) in [6, 6.07) is 18.1. The van der Waals surface area contributed by atoms with E-state index in [4.69, 9.17) is 9.84 Å². The molecule has 2 aromatic heterocycles. The molecule has 206 valence electrons. The lowest BCUT2D eigenvalue weighted by molar-refractivity contribution is -0.141. The van der Waals surface area contributed by atoms with Crippen molar-refractivity contribution in [1.29, 1.82) is 0 Å². The number of aromatic nitrogens is 1. The number of thiophene rings is 1. The number of ether oxygens (including phenoxy) is 1. The van der Waals surface area contributed by atoms with Gasteiger partial charge in [0.05, 0.1) is 18.0 Å². The van der Waals surface area contributed by atoms with Crippen LogP contribution in [0.5, 0.6) is 5.75 Å². The SMILES string of the molecule is O=C(O)C1CCCC1.O=c1ccc2ccc(OCCCCN3CCN(c4cccc5sccc45)CC3)cc2[nH]1. The molecule has 2 fully saturated rings. The molecule has 2 aromatic carbocycles. The lowest BCUT2D eigenvalue weighted by atomic mass is 10.1. The number of carboxylic acid groups (broad SMARTS) is 1. The largest absolute Gasteiger partial charge is 0.494 e. The first-order valence-electron chi connectivity index (χ1n) is 14.0. The predicted molar refractivity (Wildman–Crippen MR) is 159 cm³/mol. The van der Waals surface area contributed by atoms with Crippen molar-refractivity contribution in [3.8, 4) is 5.75 Å². The van der Waals surface area contributed by atoms with Gasteiger partial charge in [0.25, 0.3) is 0 Å². The van der Waals surface area contributed by atoms with E-state index < -0.39 is 5.97 Å². The average molecular weight is 548 g/mol. The van der Waals surface area contributed by atoms with Gasteiger partial charge in [-0.3, -0.25) is 14.5 Å². The van der Waals surface area contributed by atoms with Crippen LogP contribution in [0.15, 0.2) is 64.8 Å². The Hall–Kier alpha value is -3.36. The number of hydrogen-bond donors (Lipinski definition) is 2. The van der Waals surface area contributed by atoms with Crippen molar-refractivity contribution in [2.45, 2.75) is 38.5 Å². The van der Waals surface area contributed by atoms with Crippen LogP contribution in [0.4, 0.5) is 5.69 Å². The Balaban J connectivity index is 0.000000332. The van der Waals surface area contributed by atoms with E-state index in [2.05, 4.69) is 44.4 Å². The Bertz CT molecular complexity index is 1430. The van der Waals surface area contributed by atoms with E-state index in [0.717, 1.165) is 87.9 Å². The molecule has 0 amide bonds. The molecule has 0 atom stereocenters. The summed E-state index contributed by atoms with van der Waals surface area (Å²) in [5.74, 6) is 0.183. The zero-order valence-corrected chi connectivity index (χ0v) is 23.1. The van der Waals surface area contributed by atoms with Gasteiger partial charge in [-0.1, -0.05) is 18.9 Å². The summed E-state index contributed by atoms with van der Waals surface area (Å²) in [4.78, 5) is 29.6. The lowest BCUT2D eigenvalue weighted by Gasteiger charge is -2.36. The van der Waals surface area contributed by atoms with Gasteiger partial charge in [0.2, 0.25) is 5.56 Å². The number of pyridine rings is 1. The van der Waals surface area contributed by atoms with Crippen LogP contribution in [0.25, 0.3) is 21.0 Å². The maximum absolute atomic E-state index is 11.5. The number of piperazine rings is 1. The van der Waals surface area contributed by atoms with E-state index in [1.807, 2.05) is 35.6 Å². The van der Waals surface area contributed by atoms with E-state index in [1.54, 1.807) is 6.07 Å². The van der Waals surface area contributed by atoms with Gasteiger partial charge >= 0.3 is 5.97 Å². The molecule has 0 radical (unpaired) electrons. The molecule has 1 saturated carbocycles. The normalized spacial score (nSPS) is 16.4. The maximum atomic E-state index is 11.5. The third-order valence-electron chi connectivity index (χ3n) is 7.72. The first-order chi connectivity index (χ1) is 19.1. The maximum Gasteiger partial charge on any atom is 0.306 e. The van der Waals surface area contributed by atoms with Crippen LogP contribution >= 0.6 is 11.3 Å². The quantitative estimate of drug-likeness (QED) is 0.264. The Morgan fingerprint density at radius 3 is 2.56 bits per heavy atom. The second-order valence-corrected chi connectivity index (χ2v) is 11.3. The van der Waals surface area contributed by atoms with Crippen molar-refractivity contribution in [3.63, 3.8) is 0 Å². The van der Waals surface area contributed by atoms with E-state index in [0.29, 0.717) is 6.61 Å². The monoisotopic (exact) mass is 547 g/mol. The number of rotatable bonds is 8. The number of fused-ring (bicyclic) bond motifs is 2. The zero-order chi connectivity index (χ0) is 27.0. The molecule has 6 rings (SSSR count). The number of anilines is 1. The highest BCUT2D eigenvalue weighted by molar-refractivity contribution is 7.17. The van der Waals surface area contributed by atoms with Gasteiger partial charge in [-0.2, -0.15) is 0 Å². The molecule has 1 aliphatic heterocycles. The molecule has 1 saturated heterocycles. The van der Waals surface area contributed by atoms with Crippen molar-refractivity contribution in [3.05, 3.63) is 70.3 Å². The van der Waals surface area contributed by atoms with Crippen molar-refractivity contribution in [2.24, 2.45) is 5.92 Å². The van der Waals surface area contributed by atoms with E-state index in [-0.39, 0.29) is 11.5 Å². The van der Waals surface area contributed by atoms with Crippen LogP contribution in [0, 0.1) is 5.92 Å². The first-order valence-corrected chi connectivity index (χ1v) is 14.9. The number of nitrogens with zero attached hydrogens (tertiary/aromatic N) is 2. The zero-order valence-electron chi connectivity index (χ0n) is 22.3. The number of aromatic amines is 1. The molecule has 0 bridgehead atoms. The molecule has 2 N–H and O–H groups in total. The Labute approximate surface area is 233 Å². The molecule has 39 heavy (non-hydrogen) atoms. The van der Waals surface area contributed by atoms with E-state index >= 15 is 0 Å². The van der Waals surface area contributed by atoms with Gasteiger partial charge < -0.3 is 19.7 Å². The smallest absolute Gasteiger partial charge is 0.306 e. The van der Waals surface area contributed by atoms with Crippen molar-refractivity contribution in [1.82, 2.24) is 9.88 Å². The number of hydrogen-bond acceptors (Lipinski definition) is 6. The summed E-state index contributed by atoms with van der Waals surface area (Å²) in [6.45, 7) is 6.20. The number of unbranched alkanes of at least 4 members (excludes halogenated alkanes) is 1. The van der Waals surface area contributed by atoms with Crippen LogP contribution in [0.2, 0.25) is 0 Å². The number of carbonyl (C=O) groups is 1. The minimum atomic E-state index is -0.609.